The molecule has 0 spiro atoms. The number of methoxy groups -OCH3 is 1. The van der Waals surface area contributed by atoms with Crippen molar-refractivity contribution in [3.05, 3.63) is 24.0 Å². The van der Waals surface area contributed by atoms with Gasteiger partial charge in [0.25, 0.3) is 0 Å². The van der Waals surface area contributed by atoms with Crippen molar-refractivity contribution in [2.75, 3.05) is 12.4 Å². The molecule has 0 aliphatic carbocycles. The molecule has 2 aromatic rings. The summed E-state index contributed by atoms with van der Waals surface area (Å²) in [6, 6.07) is 4.11. The maximum Gasteiger partial charge on any atom is 0.413 e. The number of anilines is 1. The molecule has 0 radical (unpaired) electrons. The zero-order valence-corrected chi connectivity index (χ0v) is 7.87. The number of carbonyl (C=O) groups excluding carboxylic acids is 1. The van der Waals surface area contributed by atoms with Gasteiger partial charge in [-0.05, 0) is 18.2 Å². The molecule has 78 valence electrons. The Labute approximate surface area is 84.3 Å². The minimum atomic E-state index is -0.630. The van der Waals surface area contributed by atoms with Gasteiger partial charge in [0.05, 0.1) is 18.1 Å². The molecule has 0 saturated carbocycles. The molecule has 15 heavy (non-hydrogen) atoms. The van der Waals surface area contributed by atoms with Gasteiger partial charge in [0.15, 0.2) is 0 Å². The standard InChI is InChI=1S/C9H8FN3O2/c1-15-9(14)13-8-11-6-3-2-5(10)4-7(6)12-8/h2-4H,1H3,(H2,11,12,13,14). The van der Waals surface area contributed by atoms with E-state index < -0.39 is 6.09 Å². The Balaban J connectivity index is 2.34. The minimum absolute atomic E-state index is 0.224. The smallest absolute Gasteiger partial charge is 0.413 e. The number of aromatic amines is 1. The van der Waals surface area contributed by atoms with Crippen LogP contribution >= 0.6 is 0 Å². The number of rotatable bonds is 1. The normalized spacial score (nSPS) is 10.3. The highest BCUT2D eigenvalue weighted by Crippen LogP contribution is 2.15. The number of imidazole rings is 1. The van der Waals surface area contributed by atoms with Crippen LogP contribution < -0.4 is 5.32 Å². The Bertz CT molecular complexity index is 509. The lowest BCUT2D eigenvalue weighted by Crippen LogP contribution is -2.11. The number of nitrogens with zero attached hydrogens (tertiary/aromatic N) is 1. The van der Waals surface area contributed by atoms with Crippen molar-refractivity contribution < 1.29 is 13.9 Å². The summed E-state index contributed by atoms with van der Waals surface area (Å²) < 4.78 is 17.2. The van der Waals surface area contributed by atoms with Crippen LogP contribution in [0.25, 0.3) is 11.0 Å². The number of H-pyrrole nitrogens is 1. The molecule has 0 saturated heterocycles. The lowest BCUT2D eigenvalue weighted by molar-refractivity contribution is 0.186. The van der Waals surface area contributed by atoms with Crippen molar-refractivity contribution in [3.63, 3.8) is 0 Å². The molecule has 0 aliphatic rings. The molecule has 0 bridgehead atoms. The highest BCUT2D eigenvalue weighted by molar-refractivity contribution is 5.86. The van der Waals surface area contributed by atoms with Gasteiger partial charge in [0, 0.05) is 0 Å². The van der Waals surface area contributed by atoms with Crippen LogP contribution in [0.2, 0.25) is 0 Å². The first-order valence-corrected chi connectivity index (χ1v) is 4.19. The lowest BCUT2D eigenvalue weighted by atomic mass is 10.3. The van der Waals surface area contributed by atoms with Crippen LogP contribution in [0.3, 0.4) is 0 Å². The van der Waals surface area contributed by atoms with E-state index in [2.05, 4.69) is 20.0 Å². The molecule has 1 aromatic heterocycles. The number of nitrogens with one attached hydrogen (secondary N) is 2. The Morgan fingerprint density at radius 2 is 2.40 bits per heavy atom. The molecule has 2 N–H and O–H groups in total. The van der Waals surface area contributed by atoms with Gasteiger partial charge in [0.2, 0.25) is 5.95 Å². The van der Waals surface area contributed by atoms with Crippen molar-refractivity contribution in [3.8, 4) is 0 Å². The predicted octanol–water partition coefficient (Wildman–Crippen LogP) is 1.88. The van der Waals surface area contributed by atoms with E-state index in [1.807, 2.05) is 0 Å². The van der Waals surface area contributed by atoms with E-state index >= 15 is 0 Å². The number of aromatic nitrogens is 2. The van der Waals surface area contributed by atoms with E-state index in [1.165, 1.54) is 25.3 Å². The van der Waals surface area contributed by atoms with Gasteiger partial charge < -0.3 is 9.72 Å². The fraction of sp³-hybridized carbons (Fsp3) is 0.111. The third-order valence-corrected chi connectivity index (χ3v) is 1.85. The number of carbonyl (C=O) groups is 1. The number of benzene rings is 1. The molecule has 0 fully saturated rings. The molecule has 5 nitrogen and oxygen atoms in total. The molecule has 1 aromatic carbocycles. The molecule has 0 unspecified atom stereocenters. The average molecular weight is 209 g/mol. The molecule has 1 heterocycles. The first kappa shape index (κ1) is 9.45. The van der Waals surface area contributed by atoms with E-state index in [4.69, 9.17) is 0 Å². The highest BCUT2D eigenvalue weighted by atomic mass is 19.1. The quantitative estimate of drug-likeness (QED) is 0.753. The second-order valence-electron chi connectivity index (χ2n) is 2.86. The molecular formula is C9H8FN3O2. The van der Waals surface area contributed by atoms with E-state index in [0.717, 1.165) is 0 Å². The molecule has 0 atom stereocenters. The Morgan fingerprint density at radius 3 is 3.13 bits per heavy atom. The minimum Gasteiger partial charge on any atom is -0.453 e. The summed E-state index contributed by atoms with van der Waals surface area (Å²) in [6.07, 6.45) is -0.630. The van der Waals surface area contributed by atoms with E-state index in [1.54, 1.807) is 0 Å². The molecule has 2 rings (SSSR count). The van der Waals surface area contributed by atoms with E-state index in [-0.39, 0.29) is 11.8 Å². The van der Waals surface area contributed by atoms with Crippen molar-refractivity contribution in [1.82, 2.24) is 9.97 Å². The summed E-state index contributed by atoms with van der Waals surface area (Å²) in [5.74, 6) is -0.141. The monoisotopic (exact) mass is 209 g/mol. The second-order valence-corrected chi connectivity index (χ2v) is 2.86. The first-order valence-electron chi connectivity index (χ1n) is 4.19. The van der Waals surface area contributed by atoms with Crippen molar-refractivity contribution in [2.24, 2.45) is 0 Å². The number of fused-ring (bicyclic) bond motifs is 1. The zero-order chi connectivity index (χ0) is 10.8. The van der Waals surface area contributed by atoms with Gasteiger partial charge in [-0.1, -0.05) is 0 Å². The van der Waals surface area contributed by atoms with Crippen LogP contribution in [0.15, 0.2) is 18.2 Å². The summed E-state index contributed by atoms with van der Waals surface area (Å²) in [7, 11) is 1.25. The maximum atomic E-state index is 12.8. The molecule has 1 amide bonds. The highest BCUT2D eigenvalue weighted by Gasteiger charge is 2.06. The van der Waals surface area contributed by atoms with Gasteiger partial charge in [-0.2, -0.15) is 0 Å². The average Bonchev–Trinajstić information content (AvgIpc) is 2.59. The van der Waals surface area contributed by atoms with Crippen LogP contribution in [-0.4, -0.2) is 23.2 Å². The van der Waals surface area contributed by atoms with E-state index in [0.29, 0.717) is 11.0 Å². The van der Waals surface area contributed by atoms with Gasteiger partial charge in [-0.25, -0.2) is 14.2 Å². The summed E-state index contributed by atoms with van der Waals surface area (Å²) >= 11 is 0. The summed E-state index contributed by atoms with van der Waals surface area (Å²) in [5, 5.41) is 2.35. The third-order valence-electron chi connectivity index (χ3n) is 1.85. The van der Waals surface area contributed by atoms with Crippen molar-refractivity contribution in [1.29, 1.82) is 0 Å². The topological polar surface area (TPSA) is 67.0 Å². The second kappa shape index (κ2) is 3.56. The van der Waals surface area contributed by atoms with Gasteiger partial charge in [-0.15, -0.1) is 0 Å². The Kier molecular flexibility index (Phi) is 2.24. The van der Waals surface area contributed by atoms with Crippen LogP contribution in [-0.2, 0) is 4.74 Å². The first-order chi connectivity index (χ1) is 7.19. The number of amides is 1. The fourth-order valence-electron chi connectivity index (χ4n) is 1.19. The summed E-state index contributed by atoms with van der Waals surface area (Å²) in [6.45, 7) is 0. The predicted molar refractivity (Wildman–Crippen MR) is 52.1 cm³/mol. The zero-order valence-electron chi connectivity index (χ0n) is 7.87. The fourth-order valence-corrected chi connectivity index (χ4v) is 1.19. The maximum absolute atomic E-state index is 12.8. The number of halogens is 1. The van der Waals surface area contributed by atoms with Gasteiger partial charge in [0.1, 0.15) is 5.82 Å². The molecule has 0 aliphatic heterocycles. The Hall–Kier alpha value is -2.11. The number of hydrogen-bond donors (Lipinski definition) is 2. The van der Waals surface area contributed by atoms with Crippen LogP contribution in [0.5, 0.6) is 0 Å². The van der Waals surface area contributed by atoms with Crippen LogP contribution in [0, 0.1) is 5.82 Å². The van der Waals surface area contributed by atoms with Crippen LogP contribution in [0.4, 0.5) is 15.1 Å². The Morgan fingerprint density at radius 1 is 1.60 bits per heavy atom. The molecule has 6 heteroatoms. The molecular weight excluding hydrogens is 201 g/mol. The number of ether oxygens (including phenoxy) is 1. The van der Waals surface area contributed by atoms with Crippen LogP contribution in [0.1, 0.15) is 0 Å². The van der Waals surface area contributed by atoms with Gasteiger partial charge in [-0.3, -0.25) is 5.32 Å². The van der Waals surface area contributed by atoms with E-state index in [9.17, 15) is 9.18 Å². The number of hydrogen-bond acceptors (Lipinski definition) is 3. The van der Waals surface area contributed by atoms with Crippen molar-refractivity contribution in [2.45, 2.75) is 0 Å². The van der Waals surface area contributed by atoms with Gasteiger partial charge >= 0.3 is 6.09 Å². The largest absolute Gasteiger partial charge is 0.453 e. The third kappa shape index (κ3) is 1.88. The summed E-state index contributed by atoms with van der Waals surface area (Å²) in [4.78, 5) is 17.6. The van der Waals surface area contributed by atoms with Crippen molar-refractivity contribution >= 4 is 23.1 Å². The lowest BCUT2D eigenvalue weighted by Gasteiger charge is -1.96. The SMILES string of the molecule is COC(=O)Nc1nc2ccc(F)cc2[nH]1. The summed E-state index contributed by atoms with van der Waals surface area (Å²) in [5.41, 5.74) is 1.09.